The number of nitrogens with zero attached hydrogens (tertiary/aromatic N) is 2. The average Bonchev–Trinajstić information content (AvgIpc) is 2.90. The van der Waals surface area contributed by atoms with Gasteiger partial charge in [-0.25, -0.2) is 0 Å². The number of ether oxygens (including phenoxy) is 1. The van der Waals surface area contributed by atoms with Crippen LogP contribution < -0.4 is 10.2 Å². The van der Waals surface area contributed by atoms with Gasteiger partial charge in [-0.15, -0.1) is 0 Å². The first-order valence-corrected chi connectivity index (χ1v) is 12.3. The summed E-state index contributed by atoms with van der Waals surface area (Å²) in [6.07, 6.45) is -2.06. The molecule has 2 aromatic carbocycles. The lowest BCUT2D eigenvalue weighted by molar-refractivity contribution is 0.0754. The molecule has 0 radical (unpaired) electrons. The fourth-order valence-electron chi connectivity index (χ4n) is 4.21. The van der Waals surface area contributed by atoms with Crippen LogP contribution in [0.5, 0.6) is 0 Å². The highest BCUT2D eigenvalue weighted by Gasteiger charge is 2.40. The number of para-hydroxylation sites is 1. The molecule has 0 aromatic heterocycles. The van der Waals surface area contributed by atoms with Crippen LogP contribution in [0.1, 0.15) is 19.4 Å². The molecule has 4 rings (SSSR count). The van der Waals surface area contributed by atoms with Crippen LogP contribution in [0, 0.1) is 0 Å². The lowest BCUT2D eigenvalue weighted by atomic mass is 9.84. The third kappa shape index (κ3) is 3.19. The molecular formula is C22H27N2OPS. The molecule has 3 nitrogen and oxygen atoms in total. The second kappa shape index (κ2) is 7.18. The van der Waals surface area contributed by atoms with Gasteiger partial charge in [-0.05, 0) is 17.4 Å². The summed E-state index contributed by atoms with van der Waals surface area (Å²) < 4.78 is 8.10. The summed E-state index contributed by atoms with van der Waals surface area (Å²) in [4.78, 5) is 2.33. The summed E-state index contributed by atoms with van der Waals surface area (Å²) in [5, 5.41) is 1.26. The van der Waals surface area contributed by atoms with Gasteiger partial charge < -0.3 is 9.64 Å². The van der Waals surface area contributed by atoms with E-state index in [4.69, 9.17) is 16.5 Å². The molecule has 27 heavy (non-hydrogen) atoms. The quantitative estimate of drug-likeness (QED) is 0.716. The van der Waals surface area contributed by atoms with E-state index in [9.17, 15) is 0 Å². The molecule has 2 aliphatic rings. The maximum Gasteiger partial charge on any atom is 0.0659 e. The summed E-state index contributed by atoms with van der Waals surface area (Å²) in [7, 11) is 2.17. The summed E-state index contributed by atoms with van der Waals surface area (Å²) in [6.45, 7) is 7.93. The number of morpholine rings is 1. The Bertz CT molecular complexity index is 904. The molecule has 0 spiro atoms. The zero-order chi connectivity index (χ0) is 19.1. The maximum absolute atomic E-state index is 6.47. The topological polar surface area (TPSA) is 15.7 Å². The number of benzene rings is 2. The SMILES string of the molecule is CN1/C(=C\P(=S)(c2ccccc2)N2CCOCC2)C(C)(C)c2ccccc21. The largest absolute Gasteiger partial charge is 0.379 e. The van der Waals surface area contributed by atoms with Gasteiger partial charge in [0.15, 0.2) is 0 Å². The van der Waals surface area contributed by atoms with Crippen LogP contribution in [0.3, 0.4) is 0 Å². The van der Waals surface area contributed by atoms with Crippen molar-refractivity contribution in [2.75, 3.05) is 38.3 Å². The Morgan fingerprint density at radius 1 is 1.00 bits per heavy atom. The molecule has 0 aliphatic carbocycles. The van der Waals surface area contributed by atoms with Crippen LogP contribution in [-0.2, 0) is 22.0 Å². The van der Waals surface area contributed by atoms with E-state index in [0.717, 1.165) is 26.3 Å². The predicted molar refractivity (Wildman–Crippen MR) is 119 cm³/mol. The average molecular weight is 399 g/mol. The molecule has 0 N–H and O–H groups in total. The lowest BCUT2D eigenvalue weighted by Gasteiger charge is -2.38. The van der Waals surface area contributed by atoms with Crippen molar-refractivity contribution in [3.63, 3.8) is 0 Å². The molecular weight excluding hydrogens is 371 g/mol. The van der Waals surface area contributed by atoms with E-state index >= 15 is 0 Å². The van der Waals surface area contributed by atoms with Crippen LogP contribution in [0.15, 0.2) is 66.1 Å². The first-order valence-electron chi connectivity index (χ1n) is 9.50. The number of likely N-dealkylation sites (N-methyl/N-ethyl adjacent to an activating group) is 1. The highest BCUT2D eigenvalue weighted by Crippen LogP contribution is 2.56. The second-order valence-corrected chi connectivity index (χ2v) is 12.0. The minimum Gasteiger partial charge on any atom is -0.379 e. The number of rotatable bonds is 3. The van der Waals surface area contributed by atoms with Crippen molar-refractivity contribution in [1.29, 1.82) is 0 Å². The number of hydrogen-bond donors (Lipinski definition) is 0. The lowest BCUT2D eigenvalue weighted by Crippen LogP contribution is -2.36. The van der Waals surface area contributed by atoms with E-state index in [2.05, 4.69) is 90.9 Å². The van der Waals surface area contributed by atoms with Crippen LogP contribution in [0.2, 0.25) is 0 Å². The third-order valence-corrected chi connectivity index (χ3v) is 10.3. The molecule has 0 amide bonds. The Balaban J connectivity index is 1.86. The Morgan fingerprint density at radius 2 is 1.63 bits per heavy atom. The Hall–Kier alpha value is -1.45. The van der Waals surface area contributed by atoms with Crippen molar-refractivity contribution >= 4 is 29.0 Å². The van der Waals surface area contributed by atoms with Gasteiger partial charge in [-0.1, -0.05) is 74.2 Å². The van der Waals surface area contributed by atoms with Crippen molar-refractivity contribution in [2.45, 2.75) is 19.3 Å². The van der Waals surface area contributed by atoms with Crippen LogP contribution in [0.4, 0.5) is 5.69 Å². The molecule has 142 valence electrons. The van der Waals surface area contributed by atoms with Crippen molar-refractivity contribution < 1.29 is 4.74 Å². The fraction of sp³-hybridized carbons (Fsp3) is 0.364. The molecule has 2 aromatic rings. The van der Waals surface area contributed by atoms with Gasteiger partial charge in [0.1, 0.15) is 0 Å². The Morgan fingerprint density at radius 3 is 2.30 bits per heavy atom. The minimum atomic E-state index is -2.06. The summed E-state index contributed by atoms with van der Waals surface area (Å²) in [5.41, 5.74) is 3.90. The van der Waals surface area contributed by atoms with Gasteiger partial charge in [0.2, 0.25) is 0 Å². The summed E-state index contributed by atoms with van der Waals surface area (Å²) in [6, 6.07) is 19.4. The van der Waals surface area contributed by atoms with Crippen molar-refractivity contribution in [1.82, 2.24) is 4.67 Å². The van der Waals surface area contributed by atoms with Crippen molar-refractivity contribution in [2.24, 2.45) is 0 Å². The summed E-state index contributed by atoms with van der Waals surface area (Å²) in [5.74, 6) is 2.42. The zero-order valence-corrected chi connectivity index (χ0v) is 18.0. The van der Waals surface area contributed by atoms with E-state index < -0.39 is 6.19 Å². The van der Waals surface area contributed by atoms with E-state index in [1.165, 1.54) is 22.3 Å². The highest BCUT2D eigenvalue weighted by molar-refractivity contribution is 8.18. The van der Waals surface area contributed by atoms with Gasteiger partial charge in [0.05, 0.1) is 19.4 Å². The monoisotopic (exact) mass is 398 g/mol. The van der Waals surface area contributed by atoms with Crippen molar-refractivity contribution in [3.8, 4) is 0 Å². The predicted octanol–water partition coefficient (Wildman–Crippen LogP) is 4.31. The van der Waals surface area contributed by atoms with Gasteiger partial charge in [-0.3, -0.25) is 4.67 Å². The van der Waals surface area contributed by atoms with E-state index in [-0.39, 0.29) is 5.41 Å². The first kappa shape index (κ1) is 18.9. The van der Waals surface area contributed by atoms with Crippen molar-refractivity contribution in [3.05, 3.63) is 71.7 Å². The van der Waals surface area contributed by atoms with Gasteiger partial charge in [-0.2, -0.15) is 0 Å². The smallest absolute Gasteiger partial charge is 0.0659 e. The molecule has 1 saturated heterocycles. The van der Waals surface area contributed by atoms with Gasteiger partial charge in [0, 0.05) is 42.2 Å². The number of fused-ring (bicyclic) bond motifs is 1. The standard InChI is InChI=1S/C22H27N2OPS/c1-22(2)19-11-7-8-12-20(19)23(3)21(22)17-26(27,18-9-5-4-6-10-18)24-13-15-25-16-14-24/h4-12,17H,13-16H2,1-3H3/b21-17-. The van der Waals surface area contributed by atoms with E-state index in [0.29, 0.717) is 0 Å². The molecule has 1 unspecified atom stereocenters. The zero-order valence-electron chi connectivity index (χ0n) is 16.3. The van der Waals surface area contributed by atoms with Gasteiger partial charge in [0.25, 0.3) is 0 Å². The molecule has 1 atom stereocenters. The third-order valence-electron chi connectivity index (χ3n) is 5.77. The van der Waals surface area contributed by atoms with Gasteiger partial charge >= 0.3 is 0 Å². The minimum absolute atomic E-state index is 0.0591. The number of allylic oxidation sites excluding steroid dienone is 1. The molecule has 0 saturated carbocycles. The molecule has 5 heteroatoms. The van der Waals surface area contributed by atoms with E-state index in [1.807, 2.05) is 0 Å². The first-order chi connectivity index (χ1) is 12.9. The highest BCUT2D eigenvalue weighted by atomic mass is 32.4. The number of anilines is 1. The van der Waals surface area contributed by atoms with Crippen LogP contribution in [-0.4, -0.2) is 38.0 Å². The maximum atomic E-state index is 6.47. The fourth-order valence-corrected chi connectivity index (χ4v) is 8.19. The molecule has 1 fully saturated rings. The van der Waals surface area contributed by atoms with Crippen LogP contribution in [0.25, 0.3) is 0 Å². The number of hydrogen-bond acceptors (Lipinski definition) is 3. The second-order valence-electron chi connectivity index (χ2n) is 7.74. The summed E-state index contributed by atoms with van der Waals surface area (Å²) >= 11 is 6.47. The van der Waals surface area contributed by atoms with Crippen LogP contribution >= 0.6 is 6.19 Å². The Kier molecular flexibility index (Phi) is 5.02. The molecule has 0 bridgehead atoms. The molecule has 2 aliphatic heterocycles. The Labute approximate surface area is 167 Å². The normalized spacial score (nSPS) is 23.2. The van der Waals surface area contributed by atoms with E-state index in [1.54, 1.807) is 0 Å². The molecule has 2 heterocycles.